The zero-order chi connectivity index (χ0) is 13.3. The fraction of sp³-hybridized carbons (Fsp3) is 0.467. The Kier molecular flexibility index (Phi) is 5.82. The van der Waals surface area contributed by atoms with E-state index in [1.165, 1.54) is 25.7 Å². The van der Waals surface area contributed by atoms with Crippen LogP contribution in [0.15, 0.2) is 36.2 Å². The van der Waals surface area contributed by atoms with Crippen LogP contribution in [0.4, 0.5) is 0 Å². The highest BCUT2D eigenvalue weighted by atomic mass is 32.1. The minimum Gasteiger partial charge on any atom is -0.362 e. The Morgan fingerprint density at radius 3 is 3.00 bits per heavy atom. The number of pyridine rings is 1. The lowest BCUT2D eigenvalue weighted by Crippen LogP contribution is -2.35. The van der Waals surface area contributed by atoms with Crippen molar-refractivity contribution < 1.29 is 0 Å². The first kappa shape index (κ1) is 14.0. The highest BCUT2D eigenvalue weighted by Gasteiger charge is 2.03. The van der Waals surface area contributed by atoms with Gasteiger partial charge >= 0.3 is 0 Å². The van der Waals surface area contributed by atoms with Crippen molar-refractivity contribution in [3.63, 3.8) is 0 Å². The molecule has 0 saturated heterocycles. The van der Waals surface area contributed by atoms with Gasteiger partial charge in [-0.15, -0.1) is 0 Å². The van der Waals surface area contributed by atoms with Gasteiger partial charge in [-0.05, 0) is 56.0 Å². The van der Waals surface area contributed by atoms with Crippen molar-refractivity contribution in [1.82, 2.24) is 15.6 Å². The Labute approximate surface area is 120 Å². The monoisotopic (exact) mass is 275 g/mol. The highest BCUT2D eigenvalue weighted by Crippen LogP contribution is 2.19. The molecule has 1 aromatic heterocycles. The third-order valence-corrected chi connectivity index (χ3v) is 3.58. The molecular formula is C15H21N3S. The maximum Gasteiger partial charge on any atom is 0.166 e. The number of nitrogens with one attached hydrogen (secondary N) is 2. The van der Waals surface area contributed by atoms with E-state index >= 15 is 0 Å². The molecule has 0 aromatic carbocycles. The number of aromatic nitrogens is 1. The van der Waals surface area contributed by atoms with Gasteiger partial charge < -0.3 is 10.6 Å². The van der Waals surface area contributed by atoms with Crippen LogP contribution in [0.1, 0.15) is 37.7 Å². The van der Waals surface area contributed by atoms with Crippen molar-refractivity contribution in [3.8, 4) is 0 Å². The predicted molar refractivity (Wildman–Crippen MR) is 82.8 cm³/mol. The SMILES string of the molecule is S=C(NCCC1=CCCCC1)NCc1cccnc1. The molecule has 19 heavy (non-hydrogen) atoms. The average Bonchev–Trinajstić information content (AvgIpc) is 2.47. The van der Waals surface area contributed by atoms with E-state index in [0.717, 1.165) is 30.2 Å². The topological polar surface area (TPSA) is 37.0 Å². The third-order valence-electron chi connectivity index (χ3n) is 3.29. The quantitative estimate of drug-likeness (QED) is 0.640. The van der Waals surface area contributed by atoms with Gasteiger partial charge in [-0.3, -0.25) is 4.98 Å². The first-order valence-electron chi connectivity index (χ1n) is 6.93. The van der Waals surface area contributed by atoms with Gasteiger partial charge in [0.05, 0.1) is 0 Å². The summed E-state index contributed by atoms with van der Waals surface area (Å²) in [4.78, 5) is 4.07. The lowest BCUT2D eigenvalue weighted by atomic mass is 9.97. The number of hydrogen-bond acceptors (Lipinski definition) is 2. The summed E-state index contributed by atoms with van der Waals surface area (Å²) in [6.07, 6.45) is 12.3. The molecule has 102 valence electrons. The van der Waals surface area contributed by atoms with E-state index < -0.39 is 0 Å². The molecule has 0 unspecified atom stereocenters. The third kappa shape index (κ3) is 5.39. The summed E-state index contributed by atoms with van der Waals surface area (Å²) >= 11 is 5.26. The molecule has 1 aromatic rings. The van der Waals surface area contributed by atoms with Crippen LogP contribution < -0.4 is 10.6 Å². The van der Waals surface area contributed by atoms with E-state index in [0.29, 0.717) is 0 Å². The van der Waals surface area contributed by atoms with Gasteiger partial charge in [-0.25, -0.2) is 0 Å². The first-order valence-corrected chi connectivity index (χ1v) is 7.34. The van der Waals surface area contributed by atoms with E-state index in [4.69, 9.17) is 12.2 Å². The highest BCUT2D eigenvalue weighted by molar-refractivity contribution is 7.80. The van der Waals surface area contributed by atoms with Crippen molar-refractivity contribution in [2.75, 3.05) is 6.54 Å². The van der Waals surface area contributed by atoms with Gasteiger partial charge in [0, 0.05) is 25.5 Å². The summed E-state index contributed by atoms with van der Waals surface area (Å²) in [6, 6.07) is 3.97. The second kappa shape index (κ2) is 7.89. The summed E-state index contributed by atoms with van der Waals surface area (Å²) in [6.45, 7) is 1.65. The van der Waals surface area contributed by atoms with Gasteiger partial charge in [0.25, 0.3) is 0 Å². The molecule has 0 amide bonds. The maximum absolute atomic E-state index is 5.26. The molecule has 0 radical (unpaired) electrons. The molecule has 3 nitrogen and oxygen atoms in total. The second-order valence-electron chi connectivity index (χ2n) is 4.83. The fourth-order valence-electron chi connectivity index (χ4n) is 2.22. The van der Waals surface area contributed by atoms with Crippen LogP contribution >= 0.6 is 12.2 Å². The molecule has 1 aliphatic carbocycles. The van der Waals surface area contributed by atoms with E-state index in [1.54, 1.807) is 11.8 Å². The maximum atomic E-state index is 5.26. The lowest BCUT2D eigenvalue weighted by molar-refractivity contribution is 0.667. The minimum absolute atomic E-state index is 0.722. The number of rotatable bonds is 5. The van der Waals surface area contributed by atoms with Crippen LogP contribution in [-0.2, 0) is 6.54 Å². The van der Waals surface area contributed by atoms with Crippen LogP contribution in [0.3, 0.4) is 0 Å². The van der Waals surface area contributed by atoms with Gasteiger partial charge in [0.1, 0.15) is 0 Å². The molecule has 4 heteroatoms. The number of thiocarbonyl (C=S) groups is 1. The second-order valence-corrected chi connectivity index (χ2v) is 5.24. The van der Waals surface area contributed by atoms with E-state index in [2.05, 4.69) is 21.7 Å². The zero-order valence-corrected chi connectivity index (χ0v) is 12.0. The summed E-state index contributed by atoms with van der Waals surface area (Å²) in [5.74, 6) is 0. The minimum atomic E-state index is 0.722. The number of allylic oxidation sites excluding steroid dienone is 1. The van der Waals surface area contributed by atoms with Crippen LogP contribution in [0, 0.1) is 0 Å². The fourth-order valence-corrected chi connectivity index (χ4v) is 2.39. The Morgan fingerprint density at radius 2 is 2.26 bits per heavy atom. The first-order chi connectivity index (χ1) is 9.34. The smallest absolute Gasteiger partial charge is 0.166 e. The van der Waals surface area contributed by atoms with Gasteiger partial charge in [-0.1, -0.05) is 17.7 Å². The molecule has 2 rings (SSSR count). The van der Waals surface area contributed by atoms with E-state index in [-0.39, 0.29) is 0 Å². The van der Waals surface area contributed by atoms with Crippen LogP contribution in [-0.4, -0.2) is 16.6 Å². The summed E-state index contributed by atoms with van der Waals surface area (Å²) in [5, 5.41) is 7.18. The molecule has 1 aliphatic rings. The Hall–Kier alpha value is -1.42. The van der Waals surface area contributed by atoms with Crippen LogP contribution in [0.5, 0.6) is 0 Å². The predicted octanol–water partition coefficient (Wildman–Crippen LogP) is 2.94. The summed E-state index contributed by atoms with van der Waals surface area (Å²) < 4.78 is 0. The summed E-state index contributed by atoms with van der Waals surface area (Å²) in [7, 11) is 0. The number of nitrogens with zero attached hydrogens (tertiary/aromatic N) is 1. The van der Waals surface area contributed by atoms with E-state index in [9.17, 15) is 0 Å². The van der Waals surface area contributed by atoms with Gasteiger partial charge in [0.15, 0.2) is 5.11 Å². The van der Waals surface area contributed by atoms with E-state index in [1.807, 2.05) is 18.3 Å². The number of hydrogen-bond donors (Lipinski definition) is 2. The zero-order valence-electron chi connectivity index (χ0n) is 11.2. The van der Waals surface area contributed by atoms with Crippen molar-refractivity contribution in [2.24, 2.45) is 0 Å². The standard InChI is InChI=1S/C15H21N3S/c19-15(18-12-14-7-4-9-16-11-14)17-10-8-13-5-2-1-3-6-13/h4-5,7,9,11H,1-3,6,8,10,12H2,(H2,17,18,19). The molecule has 0 aliphatic heterocycles. The summed E-state index contributed by atoms with van der Waals surface area (Å²) in [5.41, 5.74) is 2.72. The molecule has 0 fully saturated rings. The molecule has 0 bridgehead atoms. The molecule has 0 atom stereocenters. The Morgan fingerprint density at radius 1 is 1.32 bits per heavy atom. The van der Waals surface area contributed by atoms with Crippen molar-refractivity contribution in [2.45, 2.75) is 38.6 Å². The van der Waals surface area contributed by atoms with Crippen molar-refractivity contribution >= 4 is 17.3 Å². The molecule has 0 saturated carbocycles. The Balaban J connectivity index is 1.61. The normalized spacial score (nSPS) is 14.6. The van der Waals surface area contributed by atoms with Crippen molar-refractivity contribution in [1.29, 1.82) is 0 Å². The van der Waals surface area contributed by atoms with Crippen LogP contribution in [0.25, 0.3) is 0 Å². The largest absolute Gasteiger partial charge is 0.362 e. The average molecular weight is 275 g/mol. The molecular weight excluding hydrogens is 254 g/mol. The molecule has 0 spiro atoms. The molecule has 1 heterocycles. The van der Waals surface area contributed by atoms with Crippen molar-refractivity contribution in [3.05, 3.63) is 41.7 Å². The molecule has 2 N–H and O–H groups in total. The van der Waals surface area contributed by atoms with Gasteiger partial charge in [-0.2, -0.15) is 0 Å². The Bertz CT molecular complexity index is 428. The lowest BCUT2D eigenvalue weighted by Gasteiger charge is -2.14. The van der Waals surface area contributed by atoms with Gasteiger partial charge in [0.2, 0.25) is 0 Å². The van der Waals surface area contributed by atoms with Crippen LogP contribution in [0.2, 0.25) is 0 Å².